The molecular weight excluding hydrogens is 421 g/mol. The normalized spacial score (nSPS) is 14.3. The molecule has 0 aromatic heterocycles. The average Bonchev–Trinajstić information content (AvgIpc) is 3.53. The van der Waals surface area contributed by atoms with Crippen LogP contribution in [0.25, 0.3) is 0 Å². The average molecular weight is 437 g/mol. The first-order chi connectivity index (χ1) is 13.6. The Bertz CT molecular complexity index is 1010. The maximum Gasteiger partial charge on any atom is 0.249 e. The third kappa shape index (κ3) is 3.88. The Kier molecular flexibility index (Phi) is 5.72. The van der Waals surface area contributed by atoms with Crippen molar-refractivity contribution in [2.24, 2.45) is 0 Å². The standard InChI is InChI=1S/C18H16F5NO4S/c1-27-11-5-9(6-12(7-11)28-2)8-24(10-3-4-10)29(25,26)18-16(22)14(20)13(19)15(21)17(18)23/h5-7,10H,3-4,8H2,1-2H3. The van der Waals surface area contributed by atoms with Crippen molar-refractivity contribution in [2.75, 3.05) is 14.2 Å². The Morgan fingerprint density at radius 2 is 1.31 bits per heavy atom. The summed E-state index contributed by atoms with van der Waals surface area (Å²) in [6.07, 6.45) is 0.769. The van der Waals surface area contributed by atoms with E-state index in [0.29, 0.717) is 29.9 Å². The molecule has 3 rings (SSSR count). The molecule has 2 aromatic carbocycles. The van der Waals surface area contributed by atoms with Crippen LogP contribution in [0.15, 0.2) is 23.1 Å². The molecule has 0 radical (unpaired) electrons. The molecule has 1 aliphatic rings. The largest absolute Gasteiger partial charge is 0.497 e. The minimum absolute atomic E-state index is 0.337. The Morgan fingerprint density at radius 1 is 0.862 bits per heavy atom. The Balaban J connectivity index is 2.09. The van der Waals surface area contributed by atoms with Crippen molar-refractivity contribution in [3.8, 4) is 11.5 Å². The van der Waals surface area contributed by atoms with Gasteiger partial charge in [-0.2, -0.15) is 4.31 Å². The number of nitrogens with zero attached hydrogens (tertiary/aromatic N) is 1. The number of hydrogen-bond donors (Lipinski definition) is 0. The van der Waals surface area contributed by atoms with Crippen molar-refractivity contribution in [2.45, 2.75) is 30.3 Å². The third-order valence-corrected chi connectivity index (χ3v) is 6.36. The van der Waals surface area contributed by atoms with Crippen LogP contribution in [-0.4, -0.2) is 33.0 Å². The van der Waals surface area contributed by atoms with Gasteiger partial charge in [-0.15, -0.1) is 0 Å². The molecule has 0 saturated heterocycles. The fourth-order valence-corrected chi connectivity index (χ4v) is 4.63. The first kappa shape index (κ1) is 21.3. The monoisotopic (exact) mass is 437 g/mol. The quantitative estimate of drug-likeness (QED) is 0.376. The molecule has 0 N–H and O–H groups in total. The molecule has 158 valence electrons. The predicted octanol–water partition coefficient (Wildman–Crippen LogP) is 3.75. The van der Waals surface area contributed by atoms with E-state index in [2.05, 4.69) is 0 Å². The number of ether oxygens (including phenoxy) is 2. The zero-order valence-corrected chi connectivity index (χ0v) is 16.1. The zero-order chi connectivity index (χ0) is 21.5. The lowest BCUT2D eigenvalue weighted by Crippen LogP contribution is -2.34. The van der Waals surface area contributed by atoms with E-state index in [1.54, 1.807) is 0 Å². The van der Waals surface area contributed by atoms with Gasteiger partial charge in [0, 0.05) is 18.7 Å². The molecule has 0 amide bonds. The molecule has 0 spiro atoms. The van der Waals surface area contributed by atoms with Crippen molar-refractivity contribution in [3.63, 3.8) is 0 Å². The fraction of sp³-hybridized carbons (Fsp3) is 0.333. The van der Waals surface area contributed by atoms with Gasteiger partial charge in [0.2, 0.25) is 15.8 Å². The summed E-state index contributed by atoms with van der Waals surface area (Å²) < 4.78 is 105. The number of sulfonamides is 1. The molecule has 1 fully saturated rings. The molecule has 5 nitrogen and oxygen atoms in total. The smallest absolute Gasteiger partial charge is 0.249 e. The minimum atomic E-state index is -5.04. The lowest BCUT2D eigenvalue weighted by molar-refractivity contribution is 0.345. The summed E-state index contributed by atoms with van der Waals surface area (Å²) in [6, 6.07) is 3.86. The van der Waals surface area contributed by atoms with E-state index in [1.807, 2.05) is 0 Å². The highest BCUT2D eigenvalue weighted by molar-refractivity contribution is 7.89. The second-order valence-electron chi connectivity index (χ2n) is 6.40. The number of halogens is 5. The van der Waals surface area contributed by atoms with Gasteiger partial charge in [-0.3, -0.25) is 0 Å². The molecule has 1 aliphatic carbocycles. The zero-order valence-electron chi connectivity index (χ0n) is 15.3. The summed E-state index contributed by atoms with van der Waals surface area (Å²) in [5, 5.41) is 0. The number of rotatable bonds is 7. The summed E-state index contributed by atoms with van der Waals surface area (Å²) in [6.45, 7) is -0.375. The molecule has 0 atom stereocenters. The molecule has 29 heavy (non-hydrogen) atoms. The van der Waals surface area contributed by atoms with Gasteiger partial charge in [-0.25, -0.2) is 30.4 Å². The fourth-order valence-electron chi connectivity index (χ4n) is 2.84. The minimum Gasteiger partial charge on any atom is -0.497 e. The van der Waals surface area contributed by atoms with Crippen LogP contribution in [0.1, 0.15) is 18.4 Å². The second-order valence-corrected chi connectivity index (χ2v) is 8.23. The number of benzene rings is 2. The molecular formula is C18H16F5NO4S. The number of methoxy groups -OCH3 is 2. The van der Waals surface area contributed by atoms with Gasteiger partial charge < -0.3 is 9.47 Å². The Morgan fingerprint density at radius 3 is 1.72 bits per heavy atom. The van der Waals surface area contributed by atoms with Crippen LogP contribution in [0.3, 0.4) is 0 Å². The first-order valence-electron chi connectivity index (χ1n) is 8.37. The van der Waals surface area contributed by atoms with Gasteiger partial charge in [0.1, 0.15) is 11.5 Å². The van der Waals surface area contributed by atoms with Crippen molar-refractivity contribution in [3.05, 3.63) is 52.8 Å². The summed E-state index contributed by atoms with van der Waals surface area (Å²) in [5.41, 5.74) is 0.348. The van der Waals surface area contributed by atoms with E-state index < -0.39 is 50.0 Å². The van der Waals surface area contributed by atoms with Crippen LogP contribution in [0.2, 0.25) is 0 Å². The Labute approximate surface area is 163 Å². The molecule has 0 aliphatic heterocycles. The van der Waals surface area contributed by atoms with E-state index in [9.17, 15) is 30.4 Å². The van der Waals surface area contributed by atoms with Crippen LogP contribution < -0.4 is 9.47 Å². The van der Waals surface area contributed by atoms with E-state index in [4.69, 9.17) is 9.47 Å². The van der Waals surface area contributed by atoms with Gasteiger partial charge >= 0.3 is 0 Å². The van der Waals surface area contributed by atoms with Crippen LogP contribution in [0, 0.1) is 29.1 Å². The van der Waals surface area contributed by atoms with Crippen molar-refractivity contribution < 1.29 is 39.8 Å². The SMILES string of the molecule is COc1cc(CN(C2CC2)S(=O)(=O)c2c(F)c(F)c(F)c(F)c2F)cc(OC)c1. The summed E-state index contributed by atoms with van der Waals surface area (Å²) in [7, 11) is -2.29. The highest BCUT2D eigenvalue weighted by Gasteiger charge is 2.43. The van der Waals surface area contributed by atoms with Gasteiger partial charge in [0.15, 0.2) is 28.2 Å². The maximum absolute atomic E-state index is 14.2. The van der Waals surface area contributed by atoms with Gasteiger partial charge in [-0.05, 0) is 30.5 Å². The highest BCUT2D eigenvalue weighted by atomic mass is 32.2. The third-order valence-electron chi connectivity index (χ3n) is 4.44. The summed E-state index contributed by atoms with van der Waals surface area (Å²) in [4.78, 5) is -1.87. The molecule has 1 saturated carbocycles. The molecule has 0 unspecified atom stereocenters. The summed E-state index contributed by atoms with van der Waals surface area (Å²) in [5.74, 6) is -11.2. The topological polar surface area (TPSA) is 55.8 Å². The first-order valence-corrected chi connectivity index (χ1v) is 9.81. The Hall–Kier alpha value is -2.40. The van der Waals surface area contributed by atoms with Crippen molar-refractivity contribution in [1.82, 2.24) is 4.31 Å². The van der Waals surface area contributed by atoms with Crippen LogP contribution >= 0.6 is 0 Å². The summed E-state index contributed by atoms with van der Waals surface area (Å²) >= 11 is 0. The highest BCUT2D eigenvalue weighted by Crippen LogP contribution is 2.37. The van der Waals surface area contributed by atoms with Crippen LogP contribution in [0.4, 0.5) is 22.0 Å². The van der Waals surface area contributed by atoms with E-state index in [1.165, 1.54) is 32.4 Å². The second kappa shape index (κ2) is 7.79. The molecule has 0 bridgehead atoms. The van der Waals surface area contributed by atoms with E-state index in [0.717, 1.165) is 4.31 Å². The van der Waals surface area contributed by atoms with E-state index >= 15 is 0 Å². The van der Waals surface area contributed by atoms with Gasteiger partial charge in [0.25, 0.3) is 0 Å². The van der Waals surface area contributed by atoms with Crippen molar-refractivity contribution in [1.29, 1.82) is 0 Å². The predicted molar refractivity (Wildman–Crippen MR) is 91.5 cm³/mol. The molecule has 2 aromatic rings. The van der Waals surface area contributed by atoms with Gasteiger partial charge in [0.05, 0.1) is 14.2 Å². The van der Waals surface area contributed by atoms with Crippen LogP contribution in [-0.2, 0) is 16.6 Å². The lowest BCUT2D eigenvalue weighted by atomic mass is 10.2. The number of hydrogen-bond acceptors (Lipinski definition) is 4. The maximum atomic E-state index is 14.2. The van der Waals surface area contributed by atoms with Crippen LogP contribution in [0.5, 0.6) is 11.5 Å². The molecule has 11 heteroatoms. The van der Waals surface area contributed by atoms with E-state index in [-0.39, 0.29) is 6.54 Å². The lowest BCUT2D eigenvalue weighted by Gasteiger charge is -2.23. The molecule has 0 heterocycles. The van der Waals surface area contributed by atoms with Crippen molar-refractivity contribution >= 4 is 10.0 Å². The van der Waals surface area contributed by atoms with Gasteiger partial charge in [-0.1, -0.05) is 0 Å².